The van der Waals surface area contributed by atoms with Crippen LogP contribution in [0.2, 0.25) is 5.02 Å². The number of aryl methyl sites for hydroxylation is 1. The van der Waals surface area contributed by atoms with Crippen LogP contribution in [0.25, 0.3) is 0 Å². The number of nitrogens with one attached hydrogen (secondary N) is 2. The van der Waals surface area contributed by atoms with E-state index in [1.807, 2.05) is 31.2 Å². The van der Waals surface area contributed by atoms with E-state index >= 15 is 0 Å². The molecule has 0 radical (unpaired) electrons. The molecule has 2 amide bonds. The Balaban J connectivity index is 1.81. The zero-order chi connectivity index (χ0) is 18.2. The summed E-state index contributed by atoms with van der Waals surface area (Å²) >= 11 is 6.02. The smallest absolute Gasteiger partial charge is 0.337 e. The van der Waals surface area contributed by atoms with Gasteiger partial charge < -0.3 is 20.1 Å². The number of halogens is 1. The number of ether oxygens (including phenoxy) is 2. The fourth-order valence-corrected chi connectivity index (χ4v) is 2.17. The van der Waals surface area contributed by atoms with Gasteiger partial charge in [-0.2, -0.15) is 0 Å². The normalized spacial score (nSPS) is 10.0. The lowest BCUT2D eigenvalue weighted by atomic mass is 10.2. The SMILES string of the molecule is COC(=O)c1ccc(Cl)c(NC(=O)NCCOc2ccc(C)cc2)c1. The molecule has 25 heavy (non-hydrogen) atoms. The number of hydrogen-bond acceptors (Lipinski definition) is 4. The molecule has 0 saturated carbocycles. The zero-order valence-electron chi connectivity index (χ0n) is 14.0. The number of benzene rings is 2. The highest BCUT2D eigenvalue weighted by Gasteiger charge is 2.11. The van der Waals surface area contributed by atoms with Crippen molar-refractivity contribution in [2.75, 3.05) is 25.6 Å². The van der Waals surface area contributed by atoms with Crippen LogP contribution in [-0.4, -0.2) is 32.3 Å². The summed E-state index contributed by atoms with van der Waals surface area (Å²) in [4.78, 5) is 23.4. The van der Waals surface area contributed by atoms with Crippen LogP contribution < -0.4 is 15.4 Å². The molecule has 7 heteroatoms. The number of hydrogen-bond donors (Lipinski definition) is 2. The standard InChI is InChI=1S/C18H19ClN2O4/c1-12-3-6-14(7-4-12)25-10-9-20-18(23)21-16-11-13(17(22)24-2)5-8-15(16)19/h3-8,11H,9-10H2,1-2H3,(H2,20,21,23). The third kappa shape index (κ3) is 5.69. The molecule has 0 bridgehead atoms. The molecule has 0 aliphatic heterocycles. The van der Waals surface area contributed by atoms with Crippen molar-refractivity contribution in [3.63, 3.8) is 0 Å². The molecule has 0 aromatic heterocycles. The van der Waals surface area contributed by atoms with Crippen LogP contribution in [0.4, 0.5) is 10.5 Å². The van der Waals surface area contributed by atoms with Gasteiger partial charge in [0, 0.05) is 0 Å². The Hall–Kier alpha value is -2.73. The van der Waals surface area contributed by atoms with E-state index in [1.165, 1.54) is 25.3 Å². The number of methoxy groups -OCH3 is 1. The molecule has 0 aliphatic carbocycles. The largest absolute Gasteiger partial charge is 0.492 e. The maximum atomic E-state index is 11.9. The minimum atomic E-state index is -0.508. The first kappa shape index (κ1) is 18.6. The van der Waals surface area contributed by atoms with Crippen LogP contribution in [0.1, 0.15) is 15.9 Å². The molecule has 0 atom stereocenters. The number of carbonyl (C=O) groups excluding carboxylic acids is 2. The molecule has 6 nitrogen and oxygen atoms in total. The van der Waals surface area contributed by atoms with Crippen molar-refractivity contribution in [3.8, 4) is 5.75 Å². The van der Waals surface area contributed by atoms with Gasteiger partial charge in [-0.15, -0.1) is 0 Å². The van der Waals surface area contributed by atoms with Crippen molar-refractivity contribution in [1.29, 1.82) is 0 Å². The highest BCUT2D eigenvalue weighted by molar-refractivity contribution is 6.33. The number of amides is 2. The fourth-order valence-electron chi connectivity index (χ4n) is 2.00. The van der Waals surface area contributed by atoms with Gasteiger partial charge >= 0.3 is 12.0 Å². The van der Waals surface area contributed by atoms with Crippen LogP contribution in [-0.2, 0) is 4.74 Å². The number of rotatable bonds is 6. The van der Waals surface area contributed by atoms with Gasteiger partial charge in [-0.05, 0) is 37.3 Å². The monoisotopic (exact) mass is 362 g/mol. The lowest BCUT2D eigenvalue weighted by Gasteiger charge is -2.11. The second-order valence-electron chi connectivity index (χ2n) is 5.23. The number of esters is 1. The Morgan fingerprint density at radius 2 is 1.84 bits per heavy atom. The van der Waals surface area contributed by atoms with Crippen molar-refractivity contribution in [1.82, 2.24) is 5.32 Å². The molecule has 0 fully saturated rings. The van der Waals surface area contributed by atoms with E-state index in [1.54, 1.807) is 0 Å². The molecular formula is C18H19ClN2O4. The maximum Gasteiger partial charge on any atom is 0.337 e. The lowest BCUT2D eigenvalue weighted by Crippen LogP contribution is -2.32. The van der Waals surface area contributed by atoms with E-state index in [4.69, 9.17) is 16.3 Å². The van der Waals surface area contributed by atoms with E-state index < -0.39 is 12.0 Å². The second kappa shape index (κ2) is 8.94. The molecule has 2 aromatic carbocycles. The summed E-state index contributed by atoms with van der Waals surface area (Å²) in [6.07, 6.45) is 0. The topological polar surface area (TPSA) is 76.7 Å². The van der Waals surface area contributed by atoms with Gasteiger partial charge in [0.2, 0.25) is 0 Å². The summed E-state index contributed by atoms with van der Waals surface area (Å²) in [5.41, 5.74) is 1.77. The quantitative estimate of drug-likeness (QED) is 0.607. The van der Waals surface area contributed by atoms with E-state index in [-0.39, 0.29) is 0 Å². The Labute approximate surface area is 151 Å². The van der Waals surface area contributed by atoms with Crippen LogP contribution in [0.15, 0.2) is 42.5 Å². The number of urea groups is 1. The van der Waals surface area contributed by atoms with E-state index in [0.29, 0.717) is 29.4 Å². The summed E-state index contributed by atoms with van der Waals surface area (Å²) in [5.74, 6) is 0.230. The minimum Gasteiger partial charge on any atom is -0.492 e. The van der Waals surface area contributed by atoms with Crippen LogP contribution in [0, 0.1) is 6.92 Å². The van der Waals surface area contributed by atoms with Crippen LogP contribution >= 0.6 is 11.6 Å². The van der Waals surface area contributed by atoms with Gasteiger partial charge in [-0.3, -0.25) is 0 Å². The van der Waals surface area contributed by atoms with Gasteiger partial charge in [-0.1, -0.05) is 29.3 Å². The third-order valence-corrected chi connectivity index (χ3v) is 3.64. The summed E-state index contributed by atoms with van der Waals surface area (Å²) in [5, 5.41) is 5.56. The second-order valence-corrected chi connectivity index (χ2v) is 5.64. The zero-order valence-corrected chi connectivity index (χ0v) is 14.7. The Morgan fingerprint density at radius 1 is 1.12 bits per heavy atom. The van der Waals surface area contributed by atoms with Crippen LogP contribution in [0.3, 0.4) is 0 Å². The maximum absolute atomic E-state index is 11.9. The minimum absolute atomic E-state index is 0.296. The van der Waals surface area contributed by atoms with Crippen molar-refractivity contribution in [2.45, 2.75) is 6.92 Å². The summed E-state index contributed by atoms with van der Waals surface area (Å²) < 4.78 is 10.2. The van der Waals surface area contributed by atoms with E-state index in [0.717, 1.165) is 11.3 Å². The van der Waals surface area contributed by atoms with Crippen LogP contribution in [0.5, 0.6) is 5.75 Å². The first-order chi connectivity index (χ1) is 12.0. The van der Waals surface area contributed by atoms with E-state index in [2.05, 4.69) is 15.4 Å². The molecular weight excluding hydrogens is 344 g/mol. The van der Waals surface area contributed by atoms with Gasteiger partial charge in [0.15, 0.2) is 0 Å². The number of carbonyl (C=O) groups is 2. The van der Waals surface area contributed by atoms with E-state index in [9.17, 15) is 9.59 Å². The fraction of sp³-hybridized carbons (Fsp3) is 0.222. The van der Waals surface area contributed by atoms with Gasteiger partial charge in [0.25, 0.3) is 0 Å². The molecule has 0 spiro atoms. The van der Waals surface area contributed by atoms with Crippen molar-refractivity contribution >= 4 is 29.3 Å². The van der Waals surface area contributed by atoms with Gasteiger partial charge in [0.1, 0.15) is 12.4 Å². The average Bonchev–Trinajstić information content (AvgIpc) is 2.61. The van der Waals surface area contributed by atoms with Crippen molar-refractivity contribution < 1.29 is 19.1 Å². The van der Waals surface area contributed by atoms with Gasteiger partial charge in [-0.25, -0.2) is 9.59 Å². The first-order valence-electron chi connectivity index (χ1n) is 7.62. The molecule has 0 heterocycles. The molecule has 2 N–H and O–H groups in total. The first-order valence-corrected chi connectivity index (χ1v) is 7.99. The lowest BCUT2D eigenvalue weighted by molar-refractivity contribution is 0.0600. The Bertz CT molecular complexity index is 747. The summed E-state index contributed by atoms with van der Waals surface area (Å²) in [6, 6.07) is 11.7. The Morgan fingerprint density at radius 3 is 2.52 bits per heavy atom. The Kier molecular flexibility index (Phi) is 6.65. The highest BCUT2D eigenvalue weighted by Crippen LogP contribution is 2.23. The van der Waals surface area contributed by atoms with Gasteiger partial charge in [0.05, 0.1) is 29.9 Å². The third-order valence-electron chi connectivity index (χ3n) is 3.31. The average molecular weight is 363 g/mol. The molecule has 0 aliphatic rings. The molecule has 2 aromatic rings. The predicted molar refractivity (Wildman–Crippen MR) is 96.5 cm³/mol. The summed E-state index contributed by atoms with van der Waals surface area (Å²) in [6.45, 7) is 2.64. The number of anilines is 1. The molecule has 0 unspecified atom stereocenters. The predicted octanol–water partition coefficient (Wildman–Crippen LogP) is 3.64. The van der Waals surface area contributed by atoms with Crippen molar-refractivity contribution in [3.05, 3.63) is 58.6 Å². The van der Waals surface area contributed by atoms with Crippen molar-refractivity contribution in [2.24, 2.45) is 0 Å². The molecule has 0 saturated heterocycles. The molecule has 2 rings (SSSR count). The summed E-state index contributed by atoms with van der Waals surface area (Å²) in [7, 11) is 1.28. The molecule has 132 valence electrons. The highest BCUT2D eigenvalue weighted by atomic mass is 35.5.